The molecule has 1 aliphatic heterocycles. The lowest BCUT2D eigenvalue weighted by Crippen LogP contribution is -2.30. The number of benzene rings is 1. The molecule has 1 unspecified atom stereocenters. The summed E-state index contributed by atoms with van der Waals surface area (Å²) in [4.78, 5) is 28.0. The Kier molecular flexibility index (Phi) is 6.47. The largest absolute Gasteiger partial charge is 0.365 e. The first kappa shape index (κ1) is 21.5. The number of aromatic amines is 1. The third kappa shape index (κ3) is 5.13. The molecule has 7 nitrogen and oxygen atoms in total. The quantitative estimate of drug-likeness (QED) is 0.479. The molecule has 1 amide bonds. The van der Waals surface area contributed by atoms with Crippen molar-refractivity contribution >= 4 is 22.8 Å². The van der Waals surface area contributed by atoms with Crippen LogP contribution in [0.4, 0.5) is 10.2 Å². The molecule has 0 aliphatic carbocycles. The summed E-state index contributed by atoms with van der Waals surface area (Å²) in [6.45, 7) is 2.04. The van der Waals surface area contributed by atoms with Gasteiger partial charge in [0.15, 0.2) is 0 Å². The van der Waals surface area contributed by atoms with Crippen molar-refractivity contribution in [2.45, 2.75) is 12.5 Å². The lowest BCUT2D eigenvalue weighted by molar-refractivity contribution is -0.125. The van der Waals surface area contributed by atoms with E-state index in [9.17, 15) is 9.18 Å². The van der Waals surface area contributed by atoms with Crippen LogP contribution in [-0.4, -0.2) is 70.4 Å². The second-order valence-electron chi connectivity index (χ2n) is 7.98. The average Bonchev–Trinajstić information content (AvgIpc) is 3.40. The average molecular weight is 433 g/mol. The lowest BCUT2D eigenvalue weighted by atomic mass is 10.2. The van der Waals surface area contributed by atoms with Crippen molar-refractivity contribution < 1.29 is 9.18 Å². The summed E-state index contributed by atoms with van der Waals surface area (Å²) >= 11 is 0. The fraction of sp³-hybridized carbons (Fsp3) is 0.292. The van der Waals surface area contributed by atoms with Crippen LogP contribution in [0.3, 0.4) is 0 Å². The molecule has 32 heavy (non-hydrogen) atoms. The molecule has 0 radical (unpaired) electrons. The van der Waals surface area contributed by atoms with E-state index in [1.165, 1.54) is 12.4 Å². The minimum Gasteiger partial charge on any atom is -0.365 e. The Labute approximate surface area is 186 Å². The van der Waals surface area contributed by atoms with E-state index in [4.69, 9.17) is 0 Å². The van der Waals surface area contributed by atoms with Crippen LogP contribution in [0.2, 0.25) is 0 Å². The number of likely N-dealkylation sites (N-methyl/N-ethyl adjacent to an activating group) is 1. The van der Waals surface area contributed by atoms with Crippen LogP contribution in [0.5, 0.6) is 0 Å². The molecule has 8 heteroatoms. The van der Waals surface area contributed by atoms with E-state index in [2.05, 4.69) is 32.1 Å². The summed E-state index contributed by atoms with van der Waals surface area (Å²) < 4.78 is 13.8. The van der Waals surface area contributed by atoms with E-state index in [0.717, 1.165) is 18.4 Å². The summed E-state index contributed by atoms with van der Waals surface area (Å²) in [7, 11) is 3.93. The van der Waals surface area contributed by atoms with Crippen molar-refractivity contribution in [3.05, 3.63) is 65.9 Å². The van der Waals surface area contributed by atoms with Crippen LogP contribution in [0.25, 0.3) is 11.0 Å². The predicted molar refractivity (Wildman–Crippen MR) is 123 cm³/mol. The van der Waals surface area contributed by atoms with Crippen molar-refractivity contribution in [3.63, 3.8) is 0 Å². The lowest BCUT2D eigenvalue weighted by Gasteiger charge is -2.16. The maximum atomic E-state index is 13.8. The normalized spacial score (nSPS) is 16.0. The van der Waals surface area contributed by atoms with Gasteiger partial charge >= 0.3 is 0 Å². The van der Waals surface area contributed by atoms with Gasteiger partial charge in [0.25, 0.3) is 0 Å². The van der Waals surface area contributed by atoms with Crippen LogP contribution < -0.4 is 5.32 Å². The first-order valence-electron chi connectivity index (χ1n) is 10.5. The van der Waals surface area contributed by atoms with Crippen LogP contribution in [0.1, 0.15) is 17.7 Å². The van der Waals surface area contributed by atoms with Crippen molar-refractivity contribution in [1.29, 1.82) is 0 Å². The minimum atomic E-state index is -0.352. The zero-order valence-corrected chi connectivity index (χ0v) is 18.1. The number of fused-ring (bicyclic) bond motifs is 1. The molecule has 4 rings (SSSR count). The maximum absolute atomic E-state index is 13.8. The van der Waals surface area contributed by atoms with Crippen LogP contribution in [0.15, 0.2) is 48.8 Å². The van der Waals surface area contributed by atoms with Gasteiger partial charge in [-0.25, -0.2) is 14.4 Å². The highest BCUT2D eigenvalue weighted by Gasteiger charge is 2.25. The zero-order chi connectivity index (χ0) is 22.5. The van der Waals surface area contributed by atoms with E-state index in [0.29, 0.717) is 35.8 Å². The van der Waals surface area contributed by atoms with Crippen molar-refractivity contribution in [2.24, 2.45) is 0 Å². The Balaban J connectivity index is 1.45. The van der Waals surface area contributed by atoms with Gasteiger partial charge in [-0.05, 0) is 44.6 Å². The number of carbonyl (C=O) groups excluding carboxylic acids is 1. The molecule has 3 aromatic rings. The first-order chi connectivity index (χ1) is 15.5. The third-order valence-corrected chi connectivity index (χ3v) is 5.20. The van der Waals surface area contributed by atoms with Gasteiger partial charge in [-0.15, -0.1) is 0 Å². The smallest absolute Gasteiger partial charge is 0.246 e. The minimum absolute atomic E-state index is 0.0244. The summed E-state index contributed by atoms with van der Waals surface area (Å²) in [5.41, 5.74) is 1.62. The molecule has 0 spiro atoms. The predicted octanol–water partition coefficient (Wildman–Crippen LogP) is 2.63. The van der Waals surface area contributed by atoms with Crippen LogP contribution in [0, 0.1) is 17.7 Å². The number of halogens is 1. The molecule has 1 aliphatic rings. The number of hydrogen-bond acceptors (Lipinski definition) is 5. The van der Waals surface area contributed by atoms with Crippen molar-refractivity contribution in [3.8, 4) is 11.8 Å². The fourth-order valence-electron chi connectivity index (χ4n) is 3.56. The molecule has 164 valence electrons. The van der Waals surface area contributed by atoms with E-state index in [1.807, 2.05) is 36.0 Å². The highest BCUT2D eigenvalue weighted by molar-refractivity contribution is 5.89. The Bertz CT molecular complexity index is 1210. The van der Waals surface area contributed by atoms with E-state index in [1.54, 1.807) is 24.3 Å². The third-order valence-electron chi connectivity index (χ3n) is 5.20. The molecule has 1 atom stereocenters. The molecule has 1 saturated heterocycles. The summed E-state index contributed by atoms with van der Waals surface area (Å²) in [6.07, 6.45) is 5.83. The number of rotatable bonds is 5. The number of amides is 1. The van der Waals surface area contributed by atoms with Gasteiger partial charge in [0, 0.05) is 31.8 Å². The molecule has 1 aromatic carbocycles. The second kappa shape index (κ2) is 9.62. The summed E-state index contributed by atoms with van der Waals surface area (Å²) in [5.74, 6) is 6.16. The fourth-order valence-corrected chi connectivity index (χ4v) is 3.56. The number of likely N-dealkylation sites (tertiary alicyclic amines) is 1. The SMILES string of the molecule is CN(C)C/C=C/C(=O)N1CCC(Nc2ncnc3[nH]c(C#Cc4ccccc4F)cc23)C1. The van der Waals surface area contributed by atoms with Gasteiger partial charge in [0.2, 0.25) is 5.91 Å². The Morgan fingerprint density at radius 2 is 2.19 bits per heavy atom. The topological polar surface area (TPSA) is 77.2 Å². The Morgan fingerprint density at radius 3 is 3.00 bits per heavy atom. The number of aromatic nitrogens is 3. The number of anilines is 1. The number of hydrogen-bond donors (Lipinski definition) is 2. The van der Waals surface area contributed by atoms with Gasteiger partial charge in [0.05, 0.1) is 16.6 Å². The highest BCUT2D eigenvalue weighted by Crippen LogP contribution is 2.23. The van der Waals surface area contributed by atoms with Crippen molar-refractivity contribution in [2.75, 3.05) is 39.0 Å². The standard InChI is InChI=1S/C24H25FN6O/c1-30(2)12-5-8-22(32)31-13-11-19(15-31)29-24-20-14-18(28-23(20)26-16-27-24)10-9-17-6-3-4-7-21(17)25/h3-8,14,16,19H,11-13,15H2,1-2H3,(H2,26,27,28,29)/b8-5+. The van der Waals surface area contributed by atoms with Gasteiger partial charge in [-0.1, -0.05) is 24.1 Å². The molecule has 3 heterocycles. The number of H-pyrrole nitrogens is 1. The van der Waals surface area contributed by atoms with Crippen molar-refractivity contribution in [1.82, 2.24) is 24.8 Å². The summed E-state index contributed by atoms with van der Waals surface area (Å²) in [5, 5.41) is 4.24. The Morgan fingerprint density at radius 1 is 1.34 bits per heavy atom. The second-order valence-corrected chi connectivity index (χ2v) is 7.98. The molecular formula is C24H25FN6O. The highest BCUT2D eigenvalue weighted by atomic mass is 19.1. The van der Waals surface area contributed by atoms with Crippen LogP contribution in [-0.2, 0) is 4.79 Å². The van der Waals surface area contributed by atoms with E-state index < -0.39 is 0 Å². The van der Waals surface area contributed by atoms with Gasteiger partial charge < -0.3 is 20.1 Å². The summed E-state index contributed by atoms with van der Waals surface area (Å²) in [6, 6.07) is 8.36. The number of carbonyl (C=O) groups is 1. The van der Waals surface area contributed by atoms with Gasteiger partial charge in [0.1, 0.15) is 23.6 Å². The van der Waals surface area contributed by atoms with Gasteiger partial charge in [-0.2, -0.15) is 0 Å². The van der Waals surface area contributed by atoms with Gasteiger partial charge in [-0.3, -0.25) is 4.79 Å². The van der Waals surface area contributed by atoms with E-state index in [-0.39, 0.29) is 17.8 Å². The van der Waals surface area contributed by atoms with Crippen LogP contribution >= 0.6 is 0 Å². The molecule has 0 saturated carbocycles. The molecule has 2 aromatic heterocycles. The number of nitrogens with zero attached hydrogens (tertiary/aromatic N) is 4. The molecule has 2 N–H and O–H groups in total. The zero-order valence-electron chi connectivity index (χ0n) is 18.1. The number of nitrogens with one attached hydrogen (secondary N) is 2. The Hall–Kier alpha value is -3.70. The molecule has 0 bridgehead atoms. The molecular weight excluding hydrogens is 407 g/mol. The first-order valence-corrected chi connectivity index (χ1v) is 10.5. The molecule has 1 fully saturated rings. The van der Waals surface area contributed by atoms with E-state index >= 15 is 0 Å². The maximum Gasteiger partial charge on any atom is 0.246 e. The monoisotopic (exact) mass is 432 g/mol.